The molecule has 0 aliphatic carbocycles. The Bertz CT molecular complexity index is 403. The largest absolute Gasteiger partial charge is 0.505 e. The number of anilines is 1. The number of phenolic OH excluding ortho intramolecular Hbond substituents is 1. The molecule has 0 aliphatic rings. The molecule has 3 N–H and O–H groups in total. The zero-order chi connectivity index (χ0) is 13.5. The molecule has 100 valence electrons. The van der Waals surface area contributed by atoms with Crippen LogP contribution in [-0.2, 0) is 4.74 Å². The molecule has 0 aliphatic heterocycles. The molecule has 0 saturated heterocycles. The summed E-state index contributed by atoms with van der Waals surface area (Å²) in [5, 5.41) is 9.63. The monoisotopic (exact) mass is 252 g/mol. The fourth-order valence-corrected chi connectivity index (χ4v) is 1.61. The van der Waals surface area contributed by atoms with Gasteiger partial charge < -0.3 is 20.5 Å². The molecule has 1 aromatic rings. The predicted molar refractivity (Wildman–Crippen MR) is 70.6 cm³/mol. The van der Waals surface area contributed by atoms with Gasteiger partial charge in [0.15, 0.2) is 5.75 Å². The maximum absolute atomic E-state index is 11.7. The van der Waals surface area contributed by atoms with E-state index in [-0.39, 0.29) is 17.0 Å². The third-order valence-electron chi connectivity index (χ3n) is 2.82. The van der Waals surface area contributed by atoms with E-state index in [4.69, 9.17) is 10.5 Å². The highest BCUT2D eigenvalue weighted by atomic mass is 16.5. The Balaban J connectivity index is 2.53. The number of para-hydroxylation sites is 1. The minimum atomic E-state index is -0.549. The number of rotatable bonds is 6. The molecule has 0 saturated carbocycles. The second-order valence-corrected chi connectivity index (χ2v) is 3.91. The van der Waals surface area contributed by atoms with Gasteiger partial charge >= 0.3 is 5.97 Å². The van der Waals surface area contributed by atoms with Gasteiger partial charge in [0.1, 0.15) is 12.2 Å². The Kier molecular flexibility index (Phi) is 5.45. The number of ether oxygens (including phenoxy) is 1. The van der Waals surface area contributed by atoms with Crippen molar-refractivity contribution in [2.45, 2.75) is 13.8 Å². The lowest BCUT2D eigenvalue weighted by atomic mass is 10.2. The summed E-state index contributed by atoms with van der Waals surface area (Å²) in [5.74, 6) is -0.766. The highest BCUT2D eigenvalue weighted by molar-refractivity contribution is 5.94. The van der Waals surface area contributed by atoms with Crippen molar-refractivity contribution in [3.05, 3.63) is 23.8 Å². The maximum Gasteiger partial charge on any atom is 0.342 e. The SMILES string of the molecule is CCN(CC)CCOC(=O)c1cccc(N)c1O. The first-order valence-corrected chi connectivity index (χ1v) is 6.07. The summed E-state index contributed by atoms with van der Waals surface area (Å²) in [6.07, 6.45) is 0. The van der Waals surface area contributed by atoms with Crippen molar-refractivity contribution in [2.75, 3.05) is 32.0 Å². The van der Waals surface area contributed by atoms with Crippen LogP contribution in [0.4, 0.5) is 5.69 Å². The number of esters is 1. The third kappa shape index (κ3) is 3.63. The Labute approximate surface area is 107 Å². The number of phenols is 1. The summed E-state index contributed by atoms with van der Waals surface area (Å²) in [6, 6.07) is 4.63. The van der Waals surface area contributed by atoms with E-state index in [1.807, 2.05) is 0 Å². The Morgan fingerprint density at radius 2 is 2.06 bits per heavy atom. The van der Waals surface area contributed by atoms with Crippen LogP contribution in [-0.4, -0.2) is 42.2 Å². The van der Waals surface area contributed by atoms with Gasteiger partial charge in [0.05, 0.1) is 5.69 Å². The van der Waals surface area contributed by atoms with Gasteiger partial charge in [-0.3, -0.25) is 0 Å². The summed E-state index contributed by atoms with van der Waals surface area (Å²) < 4.78 is 5.10. The number of hydrogen-bond acceptors (Lipinski definition) is 5. The van der Waals surface area contributed by atoms with E-state index in [9.17, 15) is 9.90 Å². The van der Waals surface area contributed by atoms with Gasteiger partial charge in [0.2, 0.25) is 0 Å². The number of likely N-dealkylation sites (N-methyl/N-ethyl adjacent to an activating group) is 1. The van der Waals surface area contributed by atoms with Crippen LogP contribution in [0.5, 0.6) is 5.75 Å². The molecule has 0 radical (unpaired) electrons. The van der Waals surface area contributed by atoms with Crippen molar-refractivity contribution in [1.82, 2.24) is 4.90 Å². The van der Waals surface area contributed by atoms with Crippen LogP contribution in [0.1, 0.15) is 24.2 Å². The first kappa shape index (κ1) is 14.3. The van der Waals surface area contributed by atoms with Crippen LogP contribution in [0.2, 0.25) is 0 Å². The van der Waals surface area contributed by atoms with Crippen molar-refractivity contribution >= 4 is 11.7 Å². The molecule has 5 heteroatoms. The molecule has 5 nitrogen and oxygen atoms in total. The number of nitrogens with two attached hydrogens (primary N) is 1. The van der Waals surface area contributed by atoms with Gasteiger partial charge in [-0.15, -0.1) is 0 Å². The van der Waals surface area contributed by atoms with E-state index in [1.165, 1.54) is 12.1 Å². The topological polar surface area (TPSA) is 75.8 Å². The maximum atomic E-state index is 11.7. The highest BCUT2D eigenvalue weighted by Crippen LogP contribution is 2.24. The van der Waals surface area contributed by atoms with Crippen LogP contribution >= 0.6 is 0 Å². The zero-order valence-corrected chi connectivity index (χ0v) is 10.8. The molecule has 0 heterocycles. The lowest BCUT2D eigenvalue weighted by molar-refractivity contribution is 0.0463. The molecule has 0 aromatic heterocycles. The Hall–Kier alpha value is -1.75. The zero-order valence-electron chi connectivity index (χ0n) is 10.8. The highest BCUT2D eigenvalue weighted by Gasteiger charge is 2.14. The molecule has 0 atom stereocenters. The van der Waals surface area contributed by atoms with Gasteiger partial charge in [-0.1, -0.05) is 19.9 Å². The van der Waals surface area contributed by atoms with Gasteiger partial charge in [0, 0.05) is 6.54 Å². The predicted octanol–water partition coefficient (Wildman–Crippen LogP) is 1.47. The van der Waals surface area contributed by atoms with Crippen molar-refractivity contribution in [3.8, 4) is 5.75 Å². The number of nitrogens with zero attached hydrogens (tertiary/aromatic N) is 1. The second-order valence-electron chi connectivity index (χ2n) is 3.91. The fraction of sp³-hybridized carbons (Fsp3) is 0.462. The van der Waals surface area contributed by atoms with Gasteiger partial charge in [-0.25, -0.2) is 4.79 Å². The van der Waals surface area contributed by atoms with Crippen LogP contribution < -0.4 is 5.73 Å². The minimum Gasteiger partial charge on any atom is -0.505 e. The number of nitrogen functional groups attached to an aromatic ring is 1. The number of hydrogen-bond donors (Lipinski definition) is 2. The molecule has 1 aromatic carbocycles. The Morgan fingerprint density at radius 1 is 1.39 bits per heavy atom. The average Bonchev–Trinajstić information content (AvgIpc) is 2.37. The van der Waals surface area contributed by atoms with Crippen molar-refractivity contribution < 1.29 is 14.6 Å². The van der Waals surface area contributed by atoms with E-state index in [0.29, 0.717) is 13.2 Å². The average molecular weight is 252 g/mol. The quantitative estimate of drug-likeness (QED) is 0.455. The van der Waals surface area contributed by atoms with E-state index in [1.54, 1.807) is 6.07 Å². The number of aromatic hydroxyl groups is 1. The molecule has 0 spiro atoms. The molecular formula is C13H20N2O3. The molecule has 18 heavy (non-hydrogen) atoms. The van der Waals surface area contributed by atoms with E-state index >= 15 is 0 Å². The lowest BCUT2D eigenvalue weighted by Gasteiger charge is -2.17. The fourth-order valence-electron chi connectivity index (χ4n) is 1.61. The number of carbonyl (C=O) groups excluding carboxylic acids is 1. The van der Waals surface area contributed by atoms with E-state index in [0.717, 1.165) is 13.1 Å². The van der Waals surface area contributed by atoms with Crippen LogP contribution in [0, 0.1) is 0 Å². The summed E-state index contributed by atoms with van der Waals surface area (Å²) in [6.45, 7) is 6.91. The number of benzene rings is 1. The normalized spacial score (nSPS) is 10.6. The van der Waals surface area contributed by atoms with Crippen molar-refractivity contribution in [3.63, 3.8) is 0 Å². The molecule has 0 unspecified atom stereocenters. The van der Waals surface area contributed by atoms with Gasteiger partial charge in [0.25, 0.3) is 0 Å². The minimum absolute atomic E-state index is 0.106. The summed E-state index contributed by atoms with van der Waals surface area (Å²) in [5.41, 5.74) is 5.79. The van der Waals surface area contributed by atoms with Crippen LogP contribution in [0.3, 0.4) is 0 Å². The Morgan fingerprint density at radius 3 is 2.67 bits per heavy atom. The summed E-state index contributed by atoms with van der Waals surface area (Å²) in [4.78, 5) is 13.9. The molecule has 1 rings (SSSR count). The first-order valence-electron chi connectivity index (χ1n) is 6.07. The first-order chi connectivity index (χ1) is 8.60. The number of carbonyl (C=O) groups is 1. The third-order valence-corrected chi connectivity index (χ3v) is 2.82. The second kappa shape index (κ2) is 6.86. The van der Waals surface area contributed by atoms with Gasteiger partial charge in [-0.05, 0) is 25.2 Å². The van der Waals surface area contributed by atoms with Crippen LogP contribution in [0.15, 0.2) is 18.2 Å². The summed E-state index contributed by atoms with van der Waals surface area (Å²) in [7, 11) is 0. The summed E-state index contributed by atoms with van der Waals surface area (Å²) >= 11 is 0. The van der Waals surface area contributed by atoms with Gasteiger partial charge in [-0.2, -0.15) is 0 Å². The lowest BCUT2D eigenvalue weighted by Crippen LogP contribution is -2.27. The molecule has 0 bridgehead atoms. The van der Waals surface area contributed by atoms with Crippen LogP contribution in [0.25, 0.3) is 0 Å². The molecule has 0 fully saturated rings. The van der Waals surface area contributed by atoms with E-state index in [2.05, 4.69) is 18.7 Å². The van der Waals surface area contributed by atoms with E-state index < -0.39 is 5.97 Å². The van der Waals surface area contributed by atoms with Crippen molar-refractivity contribution in [2.24, 2.45) is 0 Å². The smallest absolute Gasteiger partial charge is 0.342 e. The molecule has 0 amide bonds. The van der Waals surface area contributed by atoms with Crippen molar-refractivity contribution in [1.29, 1.82) is 0 Å². The molecular weight excluding hydrogens is 232 g/mol. The standard InChI is InChI=1S/C13H20N2O3/c1-3-15(4-2)8-9-18-13(17)10-6-5-7-11(14)12(10)16/h5-7,16H,3-4,8-9,14H2,1-2H3.